The van der Waals surface area contributed by atoms with Gasteiger partial charge in [-0.3, -0.25) is 4.79 Å². The van der Waals surface area contributed by atoms with Crippen molar-refractivity contribution in [3.8, 4) is 0 Å². The van der Waals surface area contributed by atoms with E-state index >= 15 is 0 Å². The van der Waals surface area contributed by atoms with E-state index in [4.69, 9.17) is 9.47 Å². The van der Waals surface area contributed by atoms with Crippen LogP contribution in [0.4, 0.5) is 0 Å². The molecule has 1 amide bonds. The van der Waals surface area contributed by atoms with Gasteiger partial charge in [0.2, 0.25) is 5.91 Å². The van der Waals surface area contributed by atoms with Gasteiger partial charge in [0.05, 0.1) is 12.6 Å². The zero-order valence-corrected chi connectivity index (χ0v) is 11.2. The van der Waals surface area contributed by atoms with Gasteiger partial charge in [-0.25, -0.2) is 0 Å². The average molecular weight is 244 g/mol. The van der Waals surface area contributed by atoms with Gasteiger partial charge in [0.15, 0.2) is 6.29 Å². The molecule has 0 bridgehead atoms. The van der Waals surface area contributed by atoms with Crippen molar-refractivity contribution in [1.82, 2.24) is 10.6 Å². The highest BCUT2D eigenvalue weighted by Gasteiger charge is 2.36. The van der Waals surface area contributed by atoms with Gasteiger partial charge in [-0.1, -0.05) is 13.8 Å². The number of methoxy groups -OCH3 is 2. The number of amides is 1. The van der Waals surface area contributed by atoms with Crippen LogP contribution in [0.15, 0.2) is 0 Å². The van der Waals surface area contributed by atoms with Crippen LogP contribution in [0.25, 0.3) is 0 Å². The molecule has 0 radical (unpaired) electrons. The molecule has 1 atom stereocenters. The first-order valence-electron chi connectivity index (χ1n) is 6.08. The highest BCUT2D eigenvalue weighted by Crippen LogP contribution is 2.29. The summed E-state index contributed by atoms with van der Waals surface area (Å²) >= 11 is 0. The normalized spacial score (nSPS) is 23.7. The lowest BCUT2D eigenvalue weighted by Gasteiger charge is -2.38. The Balaban J connectivity index is 2.46. The fourth-order valence-corrected chi connectivity index (χ4v) is 2.21. The Bertz CT molecular complexity index is 252. The van der Waals surface area contributed by atoms with Crippen LogP contribution in [0.1, 0.15) is 26.7 Å². The Morgan fingerprint density at radius 2 is 2.12 bits per heavy atom. The third-order valence-corrected chi connectivity index (χ3v) is 3.36. The van der Waals surface area contributed by atoms with Gasteiger partial charge < -0.3 is 20.1 Å². The summed E-state index contributed by atoms with van der Waals surface area (Å²) in [7, 11) is 3.12. The van der Waals surface area contributed by atoms with Crippen molar-refractivity contribution >= 4 is 5.91 Å². The van der Waals surface area contributed by atoms with E-state index in [2.05, 4.69) is 24.5 Å². The molecule has 0 saturated carbocycles. The summed E-state index contributed by atoms with van der Waals surface area (Å²) in [6.07, 6.45) is 1.80. The minimum Gasteiger partial charge on any atom is -0.354 e. The van der Waals surface area contributed by atoms with E-state index in [0.717, 1.165) is 19.4 Å². The van der Waals surface area contributed by atoms with Crippen molar-refractivity contribution in [2.24, 2.45) is 5.41 Å². The zero-order chi connectivity index (χ0) is 12.9. The number of hydrogen-bond donors (Lipinski definition) is 2. The molecule has 0 spiro atoms. The van der Waals surface area contributed by atoms with Gasteiger partial charge in [0.25, 0.3) is 0 Å². The van der Waals surface area contributed by atoms with E-state index in [0.29, 0.717) is 6.54 Å². The quantitative estimate of drug-likeness (QED) is 0.691. The van der Waals surface area contributed by atoms with Crippen molar-refractivity contribution < 1.29 is 14.3 Å². The maximum absolute atomic E-state index is 12.1. The number of piperidine rings is 1. The first-order chi connectivity index (χ1) is 8.01. The van der Waals surface area contributed by atoms with Crippen LogP contribution in [-0.4, -0.2) is 45.5 Å². The van der Waals surface area contributed by atoms with Crippen LogP contribution in [0.5, 0.6) is 0 Å². The first kappa shape index (κ1) is 14.4. The summed E-state index contributed by atoms with van der Waals surface area (Å²) in [4.78, 5) is 12.1. The number of hydrogen-bond acceptors (Lipinski definition) is 4. The Morgan fingerprint density at radius 3 is 2.65 bits per heavy atom. The van der Waals surface area contributed by atoms with E-state index in [-0.39, 0.29) is 23.7 Å². The number of carbonyl (C=O) groups is 1. The summed E-state index contributed by atoms with van der Waals surface area (Å²) in [6, 6.07) is -0.134. The standard InChI is InChI=1S/C12H24N2O3/c1-12(2)6-5-7-13-10(12)11(15)14-8-9(16-3)17-4/h9-10,13H,5-8H2,1-4H3,(H,14,15). The molecule has 0 aliphatic carbocycles. The topological polar surface area (TPSA) is 59.6 Å². The van der Waals surface area contributed by atoms with Gasteiger partial charge in [-0.2, -0.15) is 0 Å². The molecule has 0 aromatic carbocycles. The summed E-state index contributed by atoms with van der Waals surface area (Å²) in [5, 5.41) is 6.13. The molecule has 1 aliphatic rings. The lowest BCUT2D eigenvalue weighted by Crippen LogP contribution is -2.56. The Kier molecular flexibility index (Phi) is 5.36. The smallest absolute Gasteiger partial charge is 0.237 e. The van der Waals surface area contributed by atoms with Crippen LogP contribution < -0.4 is 10.6 Å². The summed E-state index contributed by atoms with van der Waals surface area (Å²) in [5.41, 5.74) is -0.00201. The Hall–Kier alpha value is -0.650. The molecular formula is C12H24N2O3. The number of ether oxygens (including phenoxy) is 2. The predicted molar refractivity (Wildman–Crippen MR) is 65.6 cm³/mol. The Morgan fingerprint density at radius 1 is 1.47 bits per heavy atom. The van der Waals surface area contributed by atoms with E-state index in [9.17, 15) is 4.79 Å². The van der Waals surface area contributed by atoms with Crippen LogP contribution >= 0.6 is 0 Å². The van der Waals surface area contributed by atoms with Gasteiger partial charge in [0.1, 0.15) is 0 Å². The fourth-order valence-electron chi connectivity index (χ4n) is 2.21. The minimum atomic E-state index is -0.384. The zero-order valence-electron chi connectivity index (χ0n) is 11.2. The molecule has 5 nitrogen and oxygen atoms in total. The van der Waals surface area contributed by atoms with Crippen molar-refractivity contribution in [2.75, 3.05) is 27.3 Å². The van der Waals surface area contributed by atoms with Crippen molar-refractivity contribution in [3.05, 3.63) is 0 Å². The molecule has 1 fully saturated rings. The molecule has 1 aliphatic heterocycles. The van der Waals surface area contributed by atoms with Crippen LogP contribution in [0.3, 0.4) is 0 Å². The van der Waals surface area contributed by atoms with Gasteiger partial charge >= 0.3 is 0 Å². The van der Waals surface area contributed by atoms with Gasteiger partial charge in [-0.05, 0) is 24.8 Å². The fraction of sp³-hybridized carbons (Fsp3) is 0.917. The monoisotopic (exact) mass is 244 g/mol. The van der Waals surface area contributed by atoms with E-state index < -0.39 is 0 Å². The van der Waals surface area contributed by atoms with Crippen LogP contribution in [-0.2, 0) is 14.3 Å². The van der Waals surface area contributed by atoms with E-state index in [1.807, 2.05) is 0 Å². The number of rotatable bonds is 5. The molecule has 2 N–H and O–H groups in total. The van der Waals surface area contributed by atoms with Gasteiger partial charge in [0, 0.05) is 14.2 Å². The molecule has 0 aromatic rings. The summed E-state index contributed by atoms with van der Waals surface area (Å²) < 4.78 is 10.1. The lowest BCUT2D eigenvalue weighted by molar-refractivity contribution is -0.132. The second-order valence-electron chi connectivity index (χ2n) is 5.13. The van der Waals surface area contributed by atoms with Crippen molar-refractivity contribution in [3.63, 3.8) is 0 Å². The predicted octanol–water partition coefficient (Wildman–Crippen LogP) is 0.500. The SMILES string of the molecule is COC(CNC(=O)C1NCCCC1(C)C)OC. The minimum absolute atomic E-state index is 0.00201. The highest BCUT2D eigenvalue weighted by atomic mass is 16.7. The molecule has 100 valence electrons. The first-order valence-corrected chi connectivity index (χ1v) is 6.08. The van der Waals surface area contributed by atoms with Crippen LogP contribution in [0, 0.1) is 5.41 Å². The third-order valence-electron chi connectivity index (χ3n) is 3.36. The average Bonchev–Trinajstić information content (AvgIpc) is 2.29. The largest absolute Gasteiger partial charge is 0.354 e. The molecule has 0 aromatic heterocycles. The van der Waals surface area contributed by atoms with Crippen LogP contribution in [0.2, 0.25) is 0 Å². The summed E-state index contributed by atoms with van der Waals surface area (Å²) in [6.45, 7) is 5.51. The second-order valence-corrected chi connectivity index (χ2v) is 5.13. The lowest BCUT2D eigenvalue weighted by atomic mass is 9.77. The van der Waals surface area contributed by atoms with Gasteiger partial charge in [-0.15, -0.1) is 0 Å². The number of carbonyl (C=O) groups excluding carboxylic acids is 1. The van der Waals surface area contributed by atoms with Crippen molar-refractivity contribution in [2.45, 2.75) is 39.0 Å². The van der Waals surface area contributed by atoms with E-state index in [1.54, 1.807) is 14.2 Å². The molecule has 17 heavy (non-hydrogen) atoms. The summed E-state index contributed by atoms with van der Waals surface area (Å²) in [5.74, 6) is 0.0220. The molecule has 1 unspecified atom stereocenters. The second kappa shape index (κ2) is 6.33. The molecule has 1 heterocycles. The maximum Gasteiger partial charge on any atom is 0.237 e. The molecule has 1 saturated heterocycles. The van der Waals surface area contributed by atoms with Crippen molar-refractivity contribution in [1.29, 1.82) is 0 Å². The highest BCUT2D eigenvalue weighted by molar-refractivity contribution is 5.82. The maximum atomic E-state index is 12.1. The Labute approximate surface area is 103 Å². The third kappa shape index (κ3) is 3.94. The van der Waals surface area contributed by atoms with E-state index in [1.165, 1.54) is 0 Å². The molecular weight excluding hydrogens is 220 g/mol. The molecule has 5 heteroatoms. The number of nitrogens with one attached hydrogen (secondary N) is 2. The molecule has 1 rings (SSSR count).